The van der Waals surface area contributed by atoms with Crippen molar-refractivity contribution in [1.82, 2.24) is 9.80 Å². The fourth-order valence-electron chi connectivity index (χ4n) is 2.12. The van der Waals surface area contributed by atoms with E-state index in [1.54, 1.807) is 4.90 Å². The topological polar surface area (TPSA) is 47.3 Å². The number of amides is 2. The summed E-state index contributed by atoms with van der Waals surface area (Å²) in [4.78, 5) is 15.6. The van der Waals surface area contributed by atoms with E-state index in [-0.39, 0.29) is 11.9 Å². The molecule has 0 spiro atoms. The first-order chi connectivity index (χ1) is 7.74. The molecule has 0 aliphatic carbocycles. The molecule has 2 rings (SSSR count). The number of hydrogen-bond donors (Lipinski definition) is 0. The van der Waals surface area contributed by atoms with Crippen molar-refractivity contribution in [2.45, 2.75) is 19.8 Å². The van der Waals surface area contributed by atoms with Gasteiger partial charge in [-0.15, -0.1) is 0 Å². The van der Waals surface area contributed by atoms with Gasteiger partial charge in [0.1, 0.15) is 0 Å². The van der Waals surface area contributed by atoms with Crippen LogP contribution in [0.1, 0.15) is 19.8 Å². The maximum atomic E-state index is 12.0. The molecule has 0 bridgehead atoms. The third kappa shape index (κ3) is 2.04. The van der Waals surface area contributed by atoms with Crippen molar-refractivity contribution < 1.29 is 4.79 Å². The van der Waals surface area contributed by atoms with Crippen LogP contribution in [0.15, 0.2) is 11.6 Å². The summed E-state index contributed by atoms with van der Waals surface area (Å²) in [7, 11) is 0. The Hall–Kier alpha value is -1.50. The van der Waals surface area contributed by atoms with E-state index in [9.17, 15) is 4.79 Å². The number of nitriles is 1. The minimum Gasteiger partial charge on any atom is -0.322 e. The Labute approximate surface area is 96.1 Å². The zero-order valence-electron chi connectivity index (χ0n) is 9.65. The molecule has 1 saturated heterocycles. The molecule has 2 aliphatic rings. The van der Waals surface area contributed by atoms with Crippen molar-refractivity contribution in [2.24, 2.45) is 5.92 Å². The van der Waals surface area contributed by atoms with Crippen LogP contribution in [0.3, 0.4) is 0 Å². The average molecular weight is 219 g/mol. The SMILES string of the molecule is CCC1=CCN(C(=O)N2CC(C#N)C2)CC1. The molecule has 86 valence electrons. The fraction of sp³-hybridized carbons (Fsp3) is 0.667. The smallest absolute Gasteiger partial charge is 0.320 e. The summed E-state index contributed by atoms with van der Waals surface area (Å²) in [6, 6.07) is 2.28. The predicted octanol–water partition coefficient (Wildman–Crippen LogP) is 1.60. The Balaban J connectivity index is 1.84. The lowest BCUT2D eigenvalue weighted by Gasteiger charge is -2.39. The van der Waals surface area contributed by atoms with Crippen LogP contribution < -0.4 is 0 Å². The highest BCUT2D eigenvalue weighted by atomic mass is 16.2. The van der Waals surface area contributed by atoms with Gasteiger partial charge >= 0.3 is 6.03 Å². The molecule has 0 unspecified atom stereocenters. The predicted molar refractivity (Wildman–Crippen MR) is 60.6 cm³/mol. The molecular formula is C12H17N3O. The van der Waals surface area contributed by atoms with Crippen LogP contribution in [-0.4, -0.2) is 42.0 Å². The second-order valence-corrected chi connectivity index (χ2v) is 4.43. The van der Waals surface area contributed by atoms with Gasteiger partial charge in [0.25, 0.3) is 0 Å². The number of urea groups is 1. The summed E-state index contributed by atoms with van der Waals surface area (Å²) >= 11 is 0. The minimum atomic E-state index is 0.0514. The second kappa shape index (κ2) is 4.56. The molecule has 0 aromatic heterocycles. The van der Waals surface area contributed by atoms with Crippen molar-refractivity contribution in [3.05, 3.63) is 11.6 Å². The molecule has 1 fully saturated rings. The Bertz CT molecular complexity index is 350. The van der Waals surface area contributed by atoms with E-state index in [0.29, 0.717) is 13.1 Å². The molecule has 0 atom stereocenters. The van der Waals surface area contributed by atoms with Gasteiger partial charge in [-0.25, -0.2) is 4.79 Å². The molecular weight excluding hydrogens is 202 g/mol. The molecule has 0 radical (unpaired) electrons. The van der Waals surface area contributed by atoms with Gasteiger partial charge in [0.05, 0.1) is 12.0 Å². The summed E-state index contributed by atoms with van der Waals surface area (Å²) in [6.45, 7) is 4.92. The first kappa shape index (κ1) is 11.0. The third-order valence-corrected chi connectivity index (χ3v) is 3.36. The van der Waals surface area contributed by atoms with Crippen molar-refractivity contribution >= 4 is 6.03 Å². The largest absolute Gasteiger partial charge is 0.322 e. The van der Waals surface area contributed by atoms with Crippen LogP contribution in [0, 0.1) is 17.2 Å². The Morgan fingerprint density at radius 3 is 2.81 bits per heavy atom. The van der Waals surface area contributed by atoms with E-state index < -0.39 is 0 Å². The summed E-state index contributed by atoms with van der Waals surface area (Å²) < 4.78 is 0. The minimum absolute atomic E-state index is 0.0514. The van der Waals surface area contributed by atoms with E-state index in [1.807, 2.05) is 4.90 Å². The number of likely N-dealkylation sites (tertiary alicyclic amines) is 1. The van der Waals surface area contributed by atoms with E-state index in [0.717, 1.165) is 25.9 Å². The van der Waals surface area contributed by atoms with Gasteiger partial charge in [0.15, 0.2) is 0 Å². The van der Waals surface area contributed by atoms with Crippen molar-refractivity contribution in [1.29, 1.82) is 5.26 Å². The molecule has 2 aliphatic heterocycles. The van der Waals surface area contributed by atoms with Gasteiger partial charge in [0.2, 0.25) is 0 Å². The van der Waals surface area contributed by atoms with Crippen molar-refractivity contribution in [2.75, 3.05) is 26.2 Å². The standard InChI is InChI=1S/C12H17N3O/c1-2-10-3-5-14(6-4-10)12(16)15-8-11(7-13)9-15/h3,11H,2,4-6,8-9H2,1H3. The molecule has 4 nitrogen and oxygen atoms in total. The Kier molecular flexibility index (Phi) is 3.14. The number of rotatable bonds is 1. The normalized spacial score (nSPS) is 21.1. The molecule has 0 aromatic carbocycles. The number of carbonyl (C=O) groups excluding carboxylic acids is 1. The number of carbonyl (C=O) groups is 1. The lowest BCUT2D eigenvalue weighted by Crippen LogP contribution is -2.55. The van der Waals surface area contributed by atoms with Gasteiger partial charge in [-0.2, -0.15) is 5.26 Å². The lowest BCUT2D eigenvalue weighted by atomic mass is 10.0. The number of hydrogen-bond acceptors (Lipinski definition) is 2. The van der Waals surface area contributed by atoms with E-state index in [1.165, 1.54) is 5.57 Å². The molecule has 0 N–H and O–H groups in total. The van der Waals surface area contributed by atoms with Crippen LogP contribution in [0.4, 0.5) is 4.79 Å². The highest BCUT2D eigenvalue weighted by Crippen LogP contribution is 2.19. The van der Waals surface area contributed by atoms with Gasteiger partial charge in [-0.3, -0.25) is 0 Å². The molecule has 2 heterocycles. The zero-order chi connectivity index (χ0) is 11.5. The lowest BCUT2D eigenvalue weighted by molar-refractivity contribution is 0.110. The molecule has 0 aromatic rings. The Morgan fingerprint density at radius 1 is 1.56 bits per heavy atom. The molecule has 2 amide bonds. The van der Waals surface area contributed by atoms with Gasteiger partial charge < -0.3 is 9.80 Å². The van der Waals surface area contributed by atoms with Crippen LogP contribution >= 0.6 is 0 Å². The van der Waals surface area contributed by atoms with Crippen LogP contribution in [0.25, 0.3) is 0 Å². The Morgan fingerprint density at radius 2 is 2.31 bits per heavy atom. The highest BCUT2D eigenvalue weighted by Gasteiger charge is 2.33. The maximum Gasteiger partial charge on any atom is 0.320 e. The monoisotopic (exact) mass is 219 g/mol. The molecule has 16 heavy (non-hydrogen) atoms. The van der Waals surface area contributed by atoms with Gasteiger partial charge in [0, 0.05) is 26.2 Å². The maximum absolute atomic E-state index is 12.0. The third-order valence-electron chi connectivity index (χ3n) is 3.36. The van der Waals surface area contributed by atoms with E-state index in [4.69, 9.17) is 5.26 Å². The summed E-state index contributed by atoms with van der Waals surface area (Å²) in [6.07, 6.45) is 4.24. The first-order valence-corrected chi connectivity index (χ1v) is 5.86. The molecule has 4 heteroatoms. The van der Waals surface area contributed by atoms with Crippen molar-refractivity contribution in [3.63, 3.8) is 0 Å². The second-order valence-electron chi connectivity index (χ2n) is 4.43. The van der Waals surface area contributed by atoms with Gasteiger partial charge in [-0.05, 0) is 12.8 Å². The molecule has 0 saturated carbocycles. The number of nitrogens with zero attached hydrogens (tertiary/aromatic N) is 3. The summed E-state index contributed by atoms with van der Waals surface area (Å²) in [5.41, 5.74) is 1.45. The highest BCUT2D eigenvalue weighted by molar-refractivity contribution is 5.75. The van der Waals surface area contributed by atoms with Crippen LogP contribution in [-0.2, 0) is 0 Å². The van der Waals surface area contributed by atoms with Crippen molar-refractivity contribution in [3.8, 4) is 6.07 Å². The summed E-state index contributed by atoms with van der Waals surface area (Å²) in [5, 5.41) is 8.65. The summed E-state index contributed by atoms with van der Waals surface area (Å²) in [5.74, 6) is 0.0514. The quantitative estimate of drug-likeness (QED) is 0.629. The average Bonchev–Trinajstić information content (AvgIpc) is 2.27. The van der Waals surface area contributed by atoms with Crippen LogP contribution in [0.2, 0.25) is 0 Å². The van der Waals surface area contributed by atoms with Gasteiger partial charge in [-0.1, -0.05) is 18.6 Å². The fourth-order valence-corrected chi connectivity index (χ4v) is 2.12. The van der Waals surface area contributed by atoms with Crippen LogP contribution in [0.5, 0.6) is 0 Å². The van der Waals surface area contributed by atoms with E-state index in [2.05, 4.69) is 19.1 Å². The zero-order valence-corrected chi connectivity index (χ0v) is 9.65. The van der Waals surface area contributed by atoms with E-state index >= 15 is 0 Å². The first-order valence-electron chi connectivity index (χ1n) is 5.86.